The van der Waals surface area contributed by atoms with E-state index in [-0.39, 0.29) is 24.8 Å². The SMILES string of the molecule is CCOc1ccc(OCC(=O)Nc2ccc(CNC(=O)CC#N)cc2)cc1. The summed E-state index contributed by atoms with van der Waals surface area (Å²) in [6.45, 7) is 2.72. The Morgan fingerprint density at radius 2 is 1.59 bits per heavy atom. The van der Waals surface area contributed by atoms with Crippen LogP contribution in [0.25, 0.3) is 0 Å². The highest BCUT2D eigenvalue weighted by Gasteiger charge is 2.05. The number of nitrogens with one attached hydrogen (secondary N) is 2. The van der Waals surface area contributed by atoms with Crippen LogP contribution in [0.2, 0.25) is 0 Å². The van der Waals surface area contributed by atoms with Crippen molar-refractivity contribution in [2.75, 3.05) is 18.5 Å². The first-order valence-electron chi connectivity index (χ1n) is 8.49. The number of hydrogen-bond donors (Lipinski definition) is 2. The number of nitrogens with zero attached hydrogens (tertiary/aromatic N) is 1. The molecule has 0 unspecified atom stereocenters. The molecule has 0 fully saturated rings. The minimum atomic E-state index is -0.318. The van der Waals surface area contributed by atoms with E-state index in [0.29, 0.717) is 24.6 Å². The van der Waals surface area contributed by atoms with Crippen molar-refractivity contribution >= 4 is 17.5 Å². The van der Waals surface area contributed by atoms with Gasteiger partial charge in [0.1, 0.15) is 17.9 Å². The lowest BCUT2D eigenvalue weighted by atomic mass is 10.2. The molecule has 2 amide bonds. The van der Waals surface area contributed by atoms with Crippen LogP contribution in [0.3, 0.4) is 0 Å². The Labute approximate surface area is 157 Å². The predicted octanol–water partition coefficient (Wildman–Crippen LogP) is 2.63. The minimum Gasteiger partial charge on any atom is -0.494 e. The first kappa shape index (κ1) is 19.8. The number of amides is 2. The molecule has 27 heavy (non-hydrogen) atoms. The maximum absolute atomic E-state index is 12.0. The van der Waals surface area contributed by atoms with Crippen LogP contribution < -0.4 is 20.1 Å². The minimum absolute atomic E-state index is 0.111. The number of carbonyl (C=O) groups is 2. The van der Waals surface area contributed by atoms with Gasteiger partial charge in [0, 0.05) is 12.2 Å². The van der Waals surface area contributed by atoms with E-state index in [4.69, 9.17) is 14.7 Å². The molecular formula is C20H21N3O4. The van der Waals surface area contributed by atoms with E-state index in [1.165, 1.54) is 0 Å². The first-order chi connectivity index (χ1) is 13.1. The number of ether oxygens (including phenoxy) is 2. The van der Waals surface area contributed by atoms with Gasteiger partial charge in [-0.1, -0.05) is 12.1 Å². The monoisotopic (exact) mass is 367 g/mol. The van der Waals surface area contributed by atoms with E-state index < -0.39 is 0 Å². The molecule has 0 bridgehead atoms. The van der Waals surface area contributed by atoms with Crippen LogP contribution in [0, 0.1) is 11.3 Å². The average Bonchev–Trinajstić information content (AvgIpc) is 2.67. The van der Waals surface area contributed by atoms with Gasteiger partial charge in [-0.15, -0.1) is 0 Å². The van der Waals surface area contributed by atoms with Crippen LogP contribution in [0.1, 0.15) is 18.9 Å². The highest BCUT2D eigenvalue weighted by Crippen LogP contribution is 2.17. The molecule has 0 saturated heterocycles. The molecule has 7 nitrogen and oxygen atoms in total. The average molecular weight is 367 g/mol. The van der Waals surface area contributed by atoms with Crippen LogP contribution >= 0.6 is 0 Å². The molecule has 2 N–H and O–H groups in total. The van der Waals surface area contributed by atoms with E-state index >= 15 is 0 Å². The third-order valence-electron chi connectivity index (χ3n) is 3.47. The molecule has 2 rings (SSSR count). The van der Waals surface area contributed by atoms with Gasteiger partial charge in [0.15, 0.2) is 6.61 Å². The van der Waals surface area contributed by atoms with E-state index in [2.05, 4.69) is 10.6 Å². The Hall–Kier alpha value is -3.53. The van der Waals surface area contributed by atoms with Crippen LogP contribution in [0.5, 0.6) is 11.5 Å². The molecule has 0 atom stereocenters. The second-order valence-corrected chi connectivity index (χ2v) is 5.55. The van der Waals surface area contributed by atoms with E-state index in [9.17, 15) is 9.59 Å². The van der Waals surface area contributed by atoms with Gasteiger partial charge in [0.25, 0.3) is 5.91 Å². The van der Waals surface area contributed by atoms with Gasteiger partial charge in [-0.25, -0.2) is 0 Å². The summed E-state index contributed by atoms with van der Waals surface area (Å²) in [5.41, 5.74) is 1.49. The quantitative estimate of drug-likeness (QED) is 0.710. The van der Waals surface area contributed by atoms with Gasteiger partial charge >= 0.3 is 0 Å². The van der Waals surface area contributed by atoms with Gasteiger partial charge in [0.2, 0.25) is 5.91 Å². The third kappa shape index (κ3) is 7.08. The summed E-state index contributed by atoms with van der Waals surface area (Å²) in [6.07, 6.45) is -0.164. The number of rotatable bonds is 9. The van der Waals surface area contributed by atoms with Crippen molar-refractivity contribution in [2.45, 2.75) is 19.9 Å². The number of carbonyl (C=O) groups excluding carboxylic acids is 2. The normalized spacial score (nSPS) is 9.78. The zero-order valence-electron chi connectivity index (χ0n) is 15.0. The first-order valence-corrected chi connectivity index (χ1v) is 8.49. The smallest absolute Gasteiger partial charge is 0.262 e. The van der Waals surface area contributed by atoms with Crippen LogP contribution in [0.4, 0.5) is 5.69 Å². The summed E-state index contributed by atoms with van der Waals surface area (Å²) < 4.78 is 10.8. The molecule has 2 aromatic carbocycles. The molecule has 0 aliphatic heterocycles. The zero-order valence-corrected chi connectivity index (χ0v) is 15.0. The predicted molar refractivity (Wildman–Crippen MR) is 100 cm³/mol. The largest absolute Gasteiger partial charge is 0.494 e. The molecule has 0 aromatic heterocycles. The second kappa shape index (κ2) is 10.5. The highest BCUT2D eigenvalue weighted by atomic mass is 16.5. The Morgan fingerprint density at radius 1 is 0.963 bits per heavy atom. The lowest BCUT2D eigenvalue weighted by Crippen LogP contribution is -2.22. The molecule has 7 heteroatoms. The molecule has 0 saturated carbocycles. The van der Waals surface area contributed by atoms with E-state index in [0.717, 1.165) is 11.3 Å². The lowest BCUT2D eigenvalue weighted by molar-refractivity contribution is -0.120. The zero-order chi connectivity index (χ0) is 19.5. The van der Waals surface area contributed by atoms with Crippen molar-refractivity contribution in [1.82, 2.24) is 5.32 Å². The van der Waals surface area contributed by atoms with Gasteiger partial charge < -0.3 is 20.1 Å². The number of benzene rings is 2. The third-order valence-corrected chi connectivity index (χ3v) is 3.47. The Kier molecular flexibility index (Phi) is 7.67. The summed E-state index contributed by atoms with van der Waals surface area (Å²) in [5, 5.41) is 13.8. The van der Waals surface area contributed by atoms with E-state index in [1.54, 1.807) is 54.6 Å². The van der Waals surface area contributed by atoms with Gasteiger partial charge in [0.05, 0.1) is 12.7 Å². The number of nitriles is 1. The Morgan fingerprint density at radius 3 is 2.19 bits per heavy atom. The van der Waals surface area contributed by atoms with Crippen molar-refractivity contribution in [3.05, 3.63) is 54.1 Å². The Balaban J connectivity index is 1.76. The number of anilines is 1. The second-order valence-electron chi connectivity index (χ2n) is 5.55. The molecular weight excluding hydrogens is 346 g/mol. The topological polar surface area (TPSA) is 100 Å². The van der Waals surface area contributed by atoms with Crippen LogP contribution in [-0.4, -0.2) is 25.0 Å². The Bertz CT molecular complexity index is 795. The summed E-state index contributed by atoms with van der Waals surface area (Å²) >= 11 is 0. The van der Waals surface area contributed by atoms with Crippen molar-refractivity contribution in [3.63, 3.8) is 0 Å². The fraction of sp³-hybridized carbons (Fsp3) is 0.250. The molecule has 0 heterocycles. The summed E-state index contributed by atoms with van der Waals surface area (Å²) in [4.78, 5) is 23.2. The fourth-order valence-electron chi connectivity index (χ4n) is 2.19. The summed E-state index contributed by atoms with van der Waals surface area (Å²) in [6, 6.07) is 15.9. The molecule has 0 aliphatic rings. The maximum Gasteiger partial charge on any atom is 0.262 e. The van der Waals surface area contributed by atoms with Crippen molar-refractivity contribution in [2.24, 2.45) is 0 Å². The molecule has 0 aliphatic carbocycles. The van der Waals surface area contributed by atoms with Crippen LogP contribution in [0.15, 0.2) is 48.5 Å². The van der Waals surface area contributed by atoms with E-state index in [1.807, 2.05) is 6.92 Å². The molecule has 140 valence electrons. The van der Waals surface area contributed by atoms with Crippen LogP contribution in [-0.2, 0) is 16.1 Å². The fourth-order valence-corrected chi connectivity index (χ4v) is 2.19. The van der Waals surface area contributed by atoms with Crippen molar-refractivity contribution < 1.29 is 19.1 Å². The lowest BCUT2D eigenvalue weighted by Gasteiger charge is -2.09. The maximum atomic E-state index is 12.0. The molecule has 2 aromatic rings. The number of hydrogen-bond acceptors (Lipinski definition) is 5. The van der Waals surface area contributed by atoms with Gasteiger partial charge in [-0.3, -0.25) is 9.59 Å². The summed E-state index contributed by atoms with van der Waals surface area (Å²) in [5.74, 6) is 0.732. The molecule has 0 spiro atoms. The van der Waals surface area contributed by atoms with Gasteiger partial charge in [-0.05, 0) is 48.9 Å². The standard InChI is InChI=1S/C20H21N3O4/c1-2-26-17-7-9-18(10-8-17)27-14-20(25)23-16-5-3-15(4-6-16)13-22-19(24)11-12-21/h3-10H,2,11,13-14H2,1H3,(H,22,24)(H,23,25). The summed E-state index contributed by atoms with van der Waals surface area (Å²) in [7, 11) is 0. The van der Waals surface area contributed by atoms with Crippen molar-refractivity contribution in [3.8, 4) is 17.6 Å². The van der Waals surface area contributed by atoms with Gasteiger partial charge in [-0.2, -0.15) is 5.26 Å². The van der Waals surface area contributed by atoms with Crippen molar-refractivity contribution in [1.29, 1.82) is 5.26 Å². The highest BCUT2D eigenvalue weighted by molar-refractivity contribution is 5.91. The molecule has 0 radical (unpaired) electrons.